The zero-order valence-electron chi connectivity index (χ0n) is 22.6. The van der Waals surface area contributed by atoms with Crippen molar-refractivity contribution in [1.82, 2.24) is 35.1 Å². The Labute approximate surface area is 237 Å². The molecule has 0 bridgehead atoms. The molecule has 0 unspecified atom stereocenters. The Morgan fingerprint density at radius 1 is 0.976 bits per heavy atom. The van der Waals surface area contributed by atoms with Crippen molar-refractivity contribution in [3.05, 3.63) is 139 Å². The maximum atomic E-state index is 4.97. The normalized spacial score (nSPS) is 11.5. The Morgan fingerprint density at radius 2 is 1.80 bits per heavy atom. The number of hydrogen-bond donors (Lipinski definition) is 3. The van der Waals surface area contributed by atoms with E-state index in [2.05, 4.69) is 55.8 Å². The number of imidazole rings is 1. The molecule has 0 fully saturated rings. The highest BCUT2D eigenvalue weighted by Gasteiger charge is 2.19. The molecule has 6 rings (SSSR count). The van der Waals surface area contributed by atoms with E-state index in [1.165, 1.54) is 5.56 Å². The van der Waals surface area contributed by atoms with Gasteiger partial charge in [-0.15, -0.1) is 0 Å². The van der Waals surface area contributed by atoms with E-state index in [0.29, 0.717) is 17.0 Å². The van der Waals surface area contributed by atoms with Crippen LogP contribution in [-0.2, 0) is 6.42 Å². The van der Waals surface area contributed by atoms with Crippen molar-refractivity contribution in [2.45, 2.75) is 13.3 Å². The maximum absolute atomic E-state index is 4.97. The molecule has 6 aromatic rings. The second-order valence-electron chi connectivity index (χ2n) is 9.63. The second kappa shape index (κ2) is 11.2. The SMILES string of the molecule is C=C/C=C(/c1ccncc1)c1nc(-c2n[nH]c3ccc(-c4cncc(NC(=C)Cc5ccccc5)c4)nc23)[nH]c1C. The Kier molecular flexibility index (Phi) is 7.02. The van der Waals surface area contributed by atoms with Crippen LogP contribution in [0.5, 0.6) is 0 Å². The molecule has 0 aliphatic heterocycles. The van der Waals surface area contributed by atoms with E-state index in [1.54, 1.807) is 30.9 Å². The molecule has 8 nitrogen and oxygen atoms in total. The molecular weight excluding hydrogens is 508 g/mol. The zero-order valence-corrected chi connectivity index (χ0v) is 22.6. The number of benzene rings is 1. The number of fused-ring (bicyclic) bond motifs is 1. The third-order valence-electron chi connectivity index (χ3n) is 6.66. The minimum absolute atomic E-state index is 0.628. The van der Waals surface area contributed by atoms with E-state index in [0.717, 1.165) is 57.1 Å². The lowest BCUT2D eigenvalue weighted by Gasteiger charge is -2.11. The fourth-order valence-electron chi connectivity index (χ4n) is 4.76. The van der Waals surface area contributed by atoms with Gasteiger partial charge in [-0.2, -0.15) is 5.10 Å². The van der Waals surface area contributed by atoms with E-state index >= 15 is 0 Å². The smallest absolute Gasteiger partial charge is 0.161 e. The molecule has 0 aliphatic carbocycles. The van der Waals surface area contributed by atoms with Gasteiger partial charge in [-0.05, 0) is 48.4 Å². The van der Waals surface area contributed by atoms with Crippen molar-refractivity contribution >= 4 is 22.3 Å². The molecule has 0 radical (unpaired) electrons. The molecule has 1 aromatic carbocycles. The average molecular weight is 537 g/mol. The van der Waals surface area contributed by atoms with Crippen molar-refractivity contribution in [2.75, 3.05) is 5.32 Å². The van der Waals surface area contributed by atoms with Crippen LogP contribution in [-0.4, -0.2) is 35.1 Å². The van der Waals surface area contributed by atoms with Gasteiger partial charge in [0.05, 0.1) is 28.8 Å². The van der Waals surface area contributed by atoms with Crippen molar-refractivity contribution < 1.29 is 0 Å². The lowest BCUT2D eigenvalue weighted by atomic mass is 10.0. The largest absolute Gasteiger partial charge is 0.358 e. The molecule has 200 valence electrons. The molecule has 0 spiro atoms. The van der Waals surface area contributed by atoms with E-state index in [-0.39, 0.29) is 0 Å². The number of nitrogens with one attached hydrogen (secondary N) is 3. The second-order valence-corrected chi connectivity index (χ2v) is 9.63. The highest BCUT2D eigenvalue weighted by atomic mass is 15.2. The van der Waals surface area contributed by atoms with Crippen molar-refractivity contribution in [3.63, 3.8) is 0 Å². The van der Waals surface area contributed by atoms with Gasteiger partial charge in [0, 0.05) is 47.5 Å². The number of rotatable bonds is 9. The van der Waals surface area contributed by atoms with Crippen LogP contribution in [0.25, 0.3) is 39.4 Å². The first-order valence-corrected chi connectivity index (χ1v) is 13.2. The van der Waals surface area contributed by atoms with Crippen molar-refractivity contribution in [1.29, 1.82) is 0 Å². The first-order chi connectivity index (χ1) is 20.1. The topological polar surface area (TPSA) is 108 Å². The molecule has 0 aliphatic rings. The van der Waals surface area contributed by atoms with Crippen LogP contribution >= 0.6 is 0 Å². The quantitative estimate of drug-likeness (QED) is 0.174. The zero-order chi connectivity index (χ0) is 28.2. The Balaban J connectivity index is 1.30. The summed E-state index contributed by atoms with van der Waals surface area (Å²) in [6, 6.07) is 20.1. The number of aromatic amines is 2. The lowest BCUT2D eigenvalue weighted by Crippen LogP contribution is -2.02. The number of aromatic nitrogens is 7. The summed E-state index contributed by atoms with van der Waals surface area (Å²) in [7, 11) is 0. The summed E-state index contributed by atoms with van der Waals surface area (Å²) in [5.74, 6) is 0.628. The van der Waals surface area contributed by atoms with Gasteiger partial charge in [-0.1, -0.05) is 55.6 Å². The first-order valence-electron chi connectivity index (χ1n) is 13.2. The maximum Gasteiger partial charge on any atom is 0.161 e. The fraction of sp³-hybridized carbons (Fsp3) is 0.0606. The van der Waals surface area contributed by atoms with Gasteiger partial charge in [-0.25, -0.2) is 9.97 Å². The number of hydrogen-bond acceptors (Lipinski definition) is 6. The van der Waals surface area contributed by atoms with Crippen LogP contribution in [0.1, 0.15) is 22.5 Å². The highest BCUT2D eigenvalue weighted by Crippen LogP contribution is 2.31. The molecule has 5 aromatic heterocycles. The Bertz CT molecular complexity index is 1880. The van der Waals surface area contributed by atoms with E-state index < -0.39 is 0 Å². The van der Waals surface area contributed by atoms with Gasteiger partial charge in [0.25, 0.3) is 0 Å². The van der Waals surface area contributed by atoms with E-state index in [1.807, 2.05) is 61.5 Å². The number of pyridine rings is 3. The molecule has 5 heterocycles. The first kappa shape index (κ1) is 25.6. The summed E-state index contributed by atoms with van der Waals surface area (Å²) < 4.78 is 0. The molecule has 41 heavy (non-hydrogen) atoms. The summed E-state index contributed by atoms with van der Waals surface area (Å²) in [6.07, 6.45) is 11.5. The third kappa shape index (κ3) is 5.44. The fourth-order valence-corrected chi connectivity index (χ4v) is 4.76. The molecule has 3 N–H and O–H groups in total. The summed E-state index contributed by atoms with van der Waals surface area (Å²) in [6.45, 7) is 10.1. The van der Waals surface area contributed by atoms with E-state index in [4.69, 9.17) is 9.97 Å². The number of H-pyrrole nitrogens is 2. The van der Waals surface area contributed by atoms with Gasteiger partial charge in [0.1, 0.15) is 5.52 Å². The average Bonchev–Trinajstić information content (AvgIpc) is 3.59. The third-order valence-corrected chi connectivity index (χ3v) is 6.66. The molecular formula is C33H28N8. The summed E-state index contributed by atoms with van der Waals surface area (Å²) in [4.78, 5) is 21.9. The highest BCUT2D eigenvalue weighted by molar-refractivity contribution is 5.90. The predicted octanol–water partition coefficient (Wildman–Crippen LogP) is 6.90. The Morgan fingerprint density at radius 3 is 2.61 bits per heavy atom. The lowest BCUT2D eigenvalue weighted by molar-refractivity contribution is 1.10. The number of anilines is 1. The molecule has 0 atom stereocenters. The summed E-state index contributed by atoms with van der Waals surface area (Å²) >= 11 is 0. The van der Waals surface area contributed by atoms with Gasteiger partial charge in [-0.3, -0.25) is 15.1 Å². The molecule has 0 saturated heterocycles. The number of allylic oxidation sites excluding steroid dienone is 3. The predicted molar refractivity (Wildman–Crippen MR) is 164 cm³/mol. The molecule has 0 amide bonds. The van der Waals surface area contributed by atoms with Crippen molar-refractivity contribution in [2.24, 2.45) is 0 Å². The molecule has 0 saturated carbocycles. The van der Waals surface area contributed by atoms with Gasteiger partial charge < -0.3 is 10.3 Å². The van der Waals surface area contributed by atoms with Crippen LogP contribution < -0.4 is 5.32 Å². The van der Waals surface area contributed by atoms with Crippen LogP contribution in [0.15, 0.2) is 116 Å². The standard InChI is InChI=1S/C33H28N8/c1-4-8-27(24-13-15-34-16-14-24)30-22(3)37-33(39-30)32-31-29(40-41-32)12-11-28(38-31)25-18-26(20-35-19-25)36-21(2)17-23-9-6-5-7-10-23/h4-16,18-20,36H,1-2,17H2,3H3,(H,37,39)(H,40,41)/b27-8-. The number of aryl methyl sites for hydroxylation is 1. The van der Waals surface area contributed by atoms with E-state index in [9.17, 15) is 0 Å². The minimum atomic E-state index is 0.628. The van der Waals surface area contributed by atoms with Gasteiger partial charge >= 0.3 is 0 Å². The molecule has 8 heteroatoms. The van der Waals surface area contributed by atoms with Crippen molar-refractivity contribution in [3.8, 4) is 22.8 Å². The Hall–Kier alpha value is -5.63. The number of nitrogens with zero attached hydrogens (tertiary/aromatic N) is 5. The van der Waals surface area contributed by atoms with Gasteiger partial charge in [0.15, 0.2) is 11.5 Å². The van der Waals surface area contributed by atoms with Crippen LogP contribution in [0.2, 0.25) is 0 Å². The monoisotopic (exact) mass is 536 g/mol. The van der Waals surface area contributed by atoms with Gasteiger partial charge in [0.2, 0.25) is 0 Å². The summed E-state index contributed by atoms with van der Waals surface area (Å²) in [5.41, 5.74) is 10.4. The minimum Gasteiger partial charge on any atom is -0.358 e. The summed E-state index contributed by atoms with van der Waals surface area (Å²) in [5, 5.41) is 11.0. The van der Waals surface area contributed by atoms with Crippen LogP contribution in [0.3, 0.4) is 0 Å². The van der Waals surface area contributed by atoms with Crippen LogP contribution in [0, 0.1) is 6.92 Å². The van der Waals surface area contributed by atoms with Crippen LogP contribution in [0.4, 0.5) is 5.69 Å².